The van der Waals surface area contributed by atoms with Gasteiger partial charge in [0.25, 0.3) is 0 Å². The Balaban J connectivity index is 1.73. The maximum atomic E-state index is 13.0. The number of carbonyl (C=O) groups is 1. The number of benzene rings is 1. The van der Waals surface area contributed by atoms with Gasteiger partial charge in [0.2, 0.25) is 5.91 Å². The first-order chi connectivity index (χ1) is 10.0. The maximum Gasteiger partial charge on any atom is 0.225 e. The lowest BCUT2D eigenvalue weighted by Gasteiger charge is -2.09. The summed E-state index contributed by atoms with van der Waals surface area (Å²) in [6, 6.07) is 3.99. The molecule has 1 aliphatic rings. The summed E-state index contributed by atoms with van der Waals surface area (Å²) < 4.78 is 30.2. The van der Waals surface area contributed by atoms with Gasteiger partial charge < -0.3 is 15.8 Å². The number of hydrogen-bond donors (Lipinski definition) is 2. The molecule has 3 N–H and O–H groups in total. The Morgan fingerprint density at radius 1 is 1.52 bits per heavy atom. The molecule has 1 aromatic rings. The minimum absolute atomic E-state index is 0.0187. The highest BCUT2D eigenvalue weighted by atomic mass is 32.2. The van der Waals surface area contributed by atoms with Gasteiger partial charge >= 0.3 is 0 Å². The number of nitrogens with two attached hydrogens (primary N) is 1. The van der Waals surface area contributed by atoms with Gasteiger partial charge in [-0.1, -0.05) is 0 Å². The van der Waals surface area contributed by atoms with Crippen molar-refractivity contribution in [1.82, 2.24) is 0 Å². The number of carbonyl (C=O) groups excluding carboxylic acids is 1. The maximum absolute atomic E-state index is 13.0. The molecule has 1 aromatic carbocycles. The van der Waals surface area contributed by atoms with Gasteiger partial charge in [0.1, 0.15) is 5.82 Å². The molecule has 2 atom stereocenters. The first-order valence-electron chi connectivity index (χ1n) is 6.86. The van der Waals surface area contributed by atoms with Crippen LogP contribution in [0.15, 0.2) is 18.2 Å². The van der Waals surface area contributed by atoms with E-state index in [4.69, 9.17) is 10.5 Å². The summed E-state index contributed by atoms with van der Waals surface area (Å²) in [5.74, 6) is -0.00792. The molecule has 2 unspecified atom stereocenters. The lowest BCUT2D eigenvalue weighted by molar-refractivity contribution is -0.115. The van der Waals surface area contributed by atoms with Crippen molar-refractivity contribution < 1.29 is 18.1 Å². The standard InChI is InChI=1S/C14H19FN2O3S/c15-12-4-3-10(8-13(12)16)17-14(18)5-7-21(19)9-11-2-1-6-20-11/h3-4,8,11H,1-2,5-7,9,16H2,(H,17,18). The normalized spacial score (nSPS) is 19.4. The van der Waals surface area contributed by atoms with Gasteiger partial charge in [-0.05, 0) is 31.0 Å². The summed E-state index contributed by atoms with van der Waals surface area (Å²) in [6.07, 6.45) is 2.16. The Morgan fingerprint density at radius 3 is 3.00 bits per heavy atom. The lowest BCUT2D eigenvalue weighted by atomic mass is 10.2. The Hall–Kier alpha value is -1.47. The van der Waals surface area contributed by atoms with Crippen molar-refractivity contribution in [2.45, 2.75) is 25.4 Å². The average molecular weight is 314 g/mol. The minimum Gasteiger partial charge on any atom is -0.396 e. The highest BCUT2D eigenvalue weighted by Crippen LogP contribution is 2.17. The summed E-state index contributed by atoms with van der Waals surface area (Å²) in [4.78, 5) is 11.7. The molecule has 0 aromatic heterocycles. The highest BCUT2D eigenvalue weighted by Gasteiger charge is 2.18. The number of hydrogen-bond acceptors (Lipinski definition) is 4. The molecular weight excluding hydrogens is 295 g/mol. The molecule has 0 spiro atoms. The van der Waals surface area contributed by atoms with Gasteiger partial charge in [-0.3, -0.25) is 9.00 Å². The molecular formula is C14H19FN2O3S. The van der Waals surface area contributed by atoms with Crippen LogP contribution in [0.1, 0.15) is 19.3 Å². The van der Waals surface area contributed by atoms with E-state index in [0.29, 0.717) is 17.2 Å². The zero-order valence-electron chi connectivity index (χ0n) is 11.6. The molecule has 1 amide bonds. The Kier molecular flexibility index (Phi) is 5.69. The SMILES string of the molecule is Nc1cc(NC(=O)CCS(=O)CC2CCCO2)ccc1F. The van der Waals surface area contributed by atoms with E-state index in [1.54, 1.807) is 0 Å². The fourth-order valence-electron chi connectivity index (χ4n) is 2.12. The Bertz CT molecular complexity index is 533. The van der Waals surface area contributed by atoms with Crippen LogP contribution in [0.25, 0.3) is 0 Å². The van der Waals surface area contributed by atoms with Crippen molar-refractivity contribution in [1.29, 1.82) is 0 Å². The first kappa shape index (κ1) is 15.9. The zero-order valence-corrected chi connectivity index (χ0v) is 12.5. The molecule has 1 aliphatic heterocycles. The van der Waals surface area contributed by atoms with E-state index in [1.165, 1.54) is 18.2 Å². The van der Waals surface area contributed by atoms with Gasteiger partial charge in [0, 0.05) is 41.0 Å². The van der Waals surface area contributed by atoms with Crippen LogP contribution in [0.3, 0.4) is 0 Å². The summed E-state index contributed by atoms with van der Waals surface area (Å²) in [5, 5.41) is 2.61. The van der Waals surface area contributed by atoms with E-state index >= 15 is 0 Å². The van der Waals surface area contributed by atoms with Crippen LogP contribution in [0.2, 0.25) is 0 Å². The second-order valence-corrected chi connectivity index (χ2v) is 6.60. The third kappa shape index (κ3) is 5.09. The van der Waals surface area contributed by atoms with E-state index in [9.17, 15) is 13.4 Å². The van der Waals surface area contributed by atoms with Crippen molar-refractivity contribution >= 4 is 28.1 Å². The molecule has 116 valence electrons. The fourth-order valence-corrected chi connectivity index (χ4v) is 3.38. The molecule has 21 heavy (non-hydrogen) atoms. The molecule has 0 aliphatic carbocycles. The molecule has 1 saturated heterocycles. The monoisotopic (exact) mass is 314 g/mol. The average Bonchev–Trinajstić information content (AvgIpc) is 2.93. The van der Waals surface area contributed by atoms with E-state index in [1.807, 2.05) is 0 Å². The van der Waals surface area contributed by atoms with Gasteiger partial charge in [0.15, 0.2) is 0 Å². The predicted molar refractivity (Wildman–Crippen MR) is 80.9 cm³/mol. The van der Waals surface area contributed by atoms with Gasteiger partial charge in [-0.2, -0.15) is 0 Å². The second-order valence-electron chi connectivity index (χ2n) is 4.98. The topological polar surface area (TPSA) is 81.4 Å². The van der Waals surface area contributed by atoms with Gasteiger partial charge in [-0.15, -0.1) is 0 Å². The summed E-state index contributed by atoms with van der Waals surface area (Å²) in [7, 11) is -1.07. The molecule has 0 saturated carbocycles. The van der Waals surface area contributed by atoms with Crippen molar-refractivity contribution in [2.75, 3.05) is 29.2 Å². The molecule has 5 nitrogen and oxygen atoms in total. The van der Waals surface area contributed by atoms with Crippen LogP contribution in [-0.2, 0) is 20.3 Å². The van der Waals surface area contributed by atoms with Crippen molar-refractivity contribution in [2.24, 2.45) is 0 Å². The van der Waals surface area contributed by atoms with E-state index in [2.05, 4.69) is 5.32 Å². The van der Waals surface area contributed by atoms with Gasteiger partial charge in [0.05, 0.1) is 11.8 Å². The smallest absolute Gasteiger partial charge is 0.225 e. The van der Waals surface area contributed by atoms with Crippen LogP contribution in [0.4, 0.5) is 15.8 Å². The van der Waals surface area contributed by atoms with Crippen molar-refractivity contribution in [3.8, 4) is 0 Å². The number of halogens is 1. The molecule has 7 heteroatoms. The van der Waals surface area contributed by atoms with Crippen LogP contribution >= 0.6 is 0 Å². The number of amides is 1. The van der Waals surface area contributed by atoms with Crippen LogP contribution in [0.5, 0.6) is 0 Å². The Morgan fingerprint density at radius 2 is 2.33 bits per heavy atom. The van der Waals surface area contributed by atoms with Gasteiger partial charge in [-0.25, -0.2) is 4.39 Å². The fraction of sp³-hybridized carbons (Fsp3) is 0.500. The van der Waals surface area contributed by atoms with Crippen molar-refractivity contribution in [3.05, 3.63) is 24.0 Å². The lowest BCUT2D eigenvalue weighted by Crippen LogP contribution is -2.20. The van der Waals surface area contributed by atoms with E-state index in [-0.39, 0.29) is 24.1 Å². The Labute approximate surface area is 125 Å². The van der Waals surface area contributed by atoms with Crippen LogP contribution in [-0.4, -0.2) is 34.3 Å². The summed E-state index contributed by atoms with van der Waals surface area (Å²) in [5.41, 5.74) is 5.84. The highest BCUT2D eigenvalue weighted by molar-refractivity contribution is 7.85. The third-order valence-electron chi connectivity index (χ3n) is 3.23. The molecule has 2 rings (SSSR count). The third-order valence-corrected chi connectivity index (χ3v) is 4.64. The molecule has 0 radical (unpaired) electrons. The second kappa shape index (κ2) is 7.51. The quantitative estimate of drug-likeness (QED) is 0.783. The minimum atomic E-state index is -1.07. The first-order valence-corrected chi connectivity index (χ1v) is 8.35. The van der Waals surface area contributed by atoms with E-state index < -0.39 is 16.6 Å². The number of nitrogens with one attached hydrogen (secondary N) is 1. The number of ether oxygens (including phenoxy) is 1. The number of nitrogen functional groups attached to an aromatic ring is 1. The van der Waals surface area contributed by atoms with E-state index in [0.717, 1.165) is 19.4 Å². The number of anilines is 2. The molecule has 0 bridgehead atoms. The van der Waals surface area contributed by atoms with Crippen LogP contribution in [0, 0.1) is 5.82 Å². The molecule has 1 fully saturated rings. The molecule has 1 heterocycles. The largest absolute Gasteiger partial charge is 0.396 e. The number of rotatable bonds is 6. The van der Waals surface area contributed by atoms with Crippen LogP contribution < -0.4 is 11.1 Å². The zero-order chi connectivity index (χ0) is 15.2. The summed E-state index contributed by atoms with van der Waals surface area (Å²) in [6.45, 7) is 0.730. The predicted octanol–water partition coefficient (Wildman–Crippen LogP) is 1.66. The van der Waals surface area contributed by atoms with Crippen molar-refractivity contribution in [3.63, 3.8) is 0 Å². The summed E-state index contributed by atoms with van der Waals surface area (Å²) >= 11 is 0.